The fourth-order valence-electron chi connectivity index (χ4n) is 3.30. The summed E-state index contributed by atoms with van der Waals surface area (Å²) in [5.74, 6) is 0.783. The zero-order chi connectivity index (χ0) is 29.9. The lowest BCUT2D eigenvalue weighted by Crippen LogP contribution is -2.36. The van der Waals surface area contributed by atoms with Crippen LogP contribution in [0.15, 0.2) is 97.4 Å². The number of nitrogens with zero attached hydrogens (tertiary/aromatic N) is 1. The molecule has 1 aromatic heterocycles. The number of aromatic nitrogens is 1. The number of rotatable bonds is 22. The van der Waals surface area contributed by atoms with Crippen LogP contribution in [0.4, 0.5) is 0 Å². The number of allylic oxidation sites excluding steroid dienone is 12. The third kappa shape index (κ3) is 22.6. The number of pyridine rings is 1. The normalized spacial score (nSPS) is 12.7. The molecule has 0 saturated heterocycles. The van der Waals surface area contributed by atoms with E-state index in [0.29, 0.717) is 25.1 Å². The van der Waals surface area contributed by atoms with Gasteiger partial charge in [-0.1, -0.05) is 101 Å². The Morgan fingerprint density at radius 1 is 0.829 bits per heavy atom. The molecule has 0 saturated carbocycles. The van der Waals surface area contributed by atoms with E-state index < -0.39 is 0 Å². The lowest BCUT2D eigenvalue weighted by Gasteiger charge is -2.23. The molecule has 2 N–H and O–H groups in total. The molecule has 41 heavy (non-hydrogen) atoms. The summed E-state index contributed by atoms with van der Waals surface area (Å²) in [5.41, 5.74) is 0.563. The molecule has 0 fully saturated rings. The molecule has 0 bridgehead atoms. The van der Waals surface area contributed by atoms with Crippen molar-refractivity contribution in [3.05, 3.63) is 103 Å². The molecule has 7 heteroatoms. The van der Waals surface area contributed by atoms with Crippen molar-refractivity contribution in [2.45, 2.75) is 76.9 Å². The maximum Gasteiger partial charge on any atom is 0.252 e. The van der Waals surface area contributed by atoms with Crippen LogP contribution in [0.5, 0.6) is 0 Å². The van der Waals surface area contributed by atoms with Gasteiger partial charge in [0.2, 0.25) is 5.91 Å². The Balaban J connectivity index is 1.99. The van der Waals surface area contributed by atoms with Crippen molar-refractivity contribution in [3.63, 3.8) is 0 Å². The zero-order valence-electron chi connectivity index (χ0n) is 25.1. The number of nitrogens with one attached hydrogen (secondary N) is 2. The Kier molecular flexibility index (Phi) is 22.1. The molecule has 224 valence electrons. The molecule has 1 rings (SSSR count). The summed E-state index contributed by atoms with van der Waals surface area (Å²) >= 11 is 0. The number of hydrogen-bond acceptors (Lipinski definition) is 5. The molecule has 2 amide bonds. The summed E-state index contributed by atoms with van der Waals surface area (Å²) in [6.45, 7) is 7.53. The van der Waals surface area contributed by atoms with Crippen molar-refractivity contribution in [3.8, 4) is 0 Å². The highest BCUT2D eigenvalue weighted by Crippen LogP contribution is 2.34. The van der Waals surface area contributed by atoms with Gasteiger partial charge in [-0.3, -0.25) is 14.6 Å². The van der Waals surface area contributed by atoms with Crippen LogP contribution >= 0.6 is 21.6 Å². The first-order chi connectivity index (χ1) is 19.9. The molecule has 0 aliphatic carbocycles. The highest BCUT2D eigenvalue weighted by Gasteiger charge is 2.20. The summed E-state index contributed by atoms with van der Waals surface area (Å²) in [5, 5.41) is 5.95. The topological polar surface area (TPSA) is 71.1 Å². The van der Waals surface area contributed by atoms with E-state index in [0.717, 1.165) is 50.7 Å². The van der Waals surface area contributed by atoms with Gasteiger partial charge in [-0.25, -0.2) is 0 Å². The van der Waals surface area contributed by atoms with E-state index in [1.807, 2.05) is 0 Å². The molecule has 1 heterocycles. The summed E-state index contributed by atoms with van der Waals surface area (Å²) < 4.78 is -0.122. The van der Waals surface area contributed by atoms with Crippen molar-refractivity contribution >= 4 is 33.4 Å². The van der Waals surface area contributed by atoms with Crippen LogP contribution in [0.2, 0.25) is 0 Å². The van der Waals surface area contributed by atoms with Crippen LogP contribution in [-0.4, -0.2) is 40.4 Å². The molecular weight excluding hydrogens is 547 g/mol. The van der Waals surface area contributed by atoms with E-state index in [-0.39, 0.29) is 16.6 Å². The number of carbonyl (C=O) groups excluding carboxylic acids is 2. The first-order valence-electron chi connectivity index (χ1n) is 14.6. The Morgan fingerprint density at radius 2 is 1.39 bits per heavy atom. The quantitative estimate of drug-likeness (QED) is 0.0798. The lowest BCUT2D eigenvalue weighted by atomic mass is 10.2. The lowest BCUT2D eigenvalue weighted by molar-refractivity contribution is -0.120. The second-order valence-corrected chi connectivity index (χ2v) is 13.0. The number of carbonyl (C=O) groups is 2. The average Bonchev–Trinajstić information content (AvgIpc) is 2.97. The van der Waals surface area contributed by atoms with E-state index in [2.05, 4.69) is 109 Å². The molecule has 0 atom stereocenters. The molecular formula is C34H49N3O2S2. The van der Waals surface area contributed by atoms with Gasteiger partial charge >= 0.3 is 0 Å². The van der Waals surface area contributed by atoms with Gasteiger partial charge in [-0.2, -0.15) is 0 Å². The fourth-order valence-corrected chi connectivity index (χ4v) is 5.65. The molecule has 0 spiro atoms. The maximum atomic E-state index is 12.2. The van der Waals surface area contributed by atoms with Gasteiger partial charge in [0.25, 0.3) is 5.91 Å². The van der Waals surface area contributed by atoms with Crippen LogP contribution in [0, 0.1) is 0 Å². The van der Waals surface area contributed by atoms with Crippen LogP contribution in [-0.2, 0) is 4.79 Å². The summed E-state index contributed by atoms with van der Waals surface area (Å²) in [4.78, 5) is 28.2. The molecule has 0 aliphatic rings. The number of amides is 2. The van der Waals surface area contributed by atoms with Gasteiger partial charge < -0.3 is 10.6 Å². The first kappa shape index (κ1) is 36.3. The zero-order valence-corrected chi connectivity index (χ0v) is 26.7. The fraction of sp³-hybridized carbons (Fsp3) is 0.441. The minimum Gasteiger partial charge on any atom is -0.355 e. The van der Waals surface area contributed by atoms with E-state index >= 15 is 0 Å². The van der Waals surface area contributed by atoms with Crippen molar-refractivity contribution in [1.29, 1.82) is 0 Å². The average molecular weight is 596 g/mol. The second kappa shape index (κ2) is 25.0. The second-order valence-electron chi connectivity index (χ2n) is 9.89. The predicted octanol–water partition coefficient (Wildman–Crippen LogP) is 8.57. The highest BCUT2D eigenvalue weighted by molar-refractivity contribution is 8.77. The van der Waals surface area contributed by atoms with Gasteiger partial charge in [-0.05, 0) is 70.9 Å². The van der Waals surface area contributed by atoms with E-state index in [1.54, 1.807) is 46.1 Å². The summed E-state index contributed by atoms with van der Waals surface area (Å²) in [7, 11) is 3.42. The van der Waals surface area contributed by atoms with Crippen molar-refractivity contribution in [2.75, 3.05) is 18.8 Å². The van der Waals surface area contributed by atoms with Gasteiger partial charge in [0.05, 0.1) is 5.56 Å². The Hall–Kier alpha value is -2.77. The van der Waals surface area contributed by atoms with Crippen LogP contribution in [0.25, 0.3) is 0 Å². The third-order valence-corrected chi connectivity index (χ3v) is 8.82. The maximum absolute atomic E-state index is 12.2. The van der Waals surface area contributed by atoms with Crippen LogP contribution in [0.1, 0.15) is 82.5 Å². The monoisotopic (exact) mass is 595 g/mol. The third-order valence-electron chi connectivity index (χ3n) is 5.53. The van der Waals surface area contributed by atoms with Gasteiger partial charge in [0, 0.05) is 42.4 Å². The molecule has 5 nitrogen and oxygen atoms in total. The molecule has 1 aromatic rings. The predicted molar refractivity (Wildman–Crippen MR) is 181 cm³/mol. The molecule has 0 unspecified atom stereocenters. The Morgan fingerprint density at radius 3 is 1.93 bits per heavy atom. The van der Waals surface area contributed by atoms with Crippen molar-refractivity contribution < 1.29 is 9.59 Å². The van der Waals surface area contributed by atoms with E-state index in [1.165, 1.54) is 0 Å². The van der Waals surface area contributed by atoms with Gasteiger partial charge in [0.1, 0.15) is 0 Å². The van der Waals surface area contributed by atoms with Crippen molar-refractivity contribution in [1.82, 2.24) is 15.6 Å². The minimum absolute atomic E-state index is 0.0816. The van der Waals surface area contributed by atoms with Gasteiger partial charge in [-0.15, -0.1) is 0 Å². The highest BCUT2D eigenvalue weighted by atomic mass is 33.1. The Labute approximate surface area is 256 Å². The SMILES string of the molecule is CCC=CCC=CCC=CCC=CCC=CCC=CCCC(=O)NCCSSC(C)(C)CNC(=O)c1cccnc1. The number of hydrogen-bond donors (Lipinski definition) is 2. The first-order valence-corrected chi connectivity index (χ1v) is 16.9. The largest absolute Gasteiger partial charge is 0.355 e. The Bertz CT molecular complexity index is 1010. The minimum atomic E-state index is -0.122. The van der Waals surface area contributed by atoms with Crippen molar-refractivity contribution in [2.24, 2.45) is 0 Å². The van der Waals surface area contributed by atoms with Gasteiger partial charge in [0.15, 0.2) is 0 Å². The summed E-state index contributed by atoms with van der Waals surface area (Å²) in [6.07, 6.45) is 36.6. The van der Waals surface area contributed by atoms with Crippen LogP contribution < -0.4 is 10.6 Å². The molecule has 0 radical (unpaired) electrons. The smallest absolute Gasteiger partial charge is 0.252 e. The van der Waals surface area contributed by atoms with Crippen LogP contribution in [0.3, 0.4) is 0 Å². The molecule has 0 aromatic carbocycles. The standard InChI is InChI=1S/C34H49N3O2S2/c1-4-5-6-7-8-9-10-11-12-13-14-15-16-17-18-19-20-21-22-25-32(38)36-27-28-40-41-34(2,3)30-37-33(39)31-24-23-26-35-29-31/h5-6,8-9,11-12,14-15,17-18,20-21,23-24,26,29H,4,7,10,13,16,19,22,25,27-28,30H2,1-3H3,(H,36,38)(H,37,39). The molecule has 0 aliphatic heterocycles. The summed E-state index contributed by atoms with van der Waals surface area (Å²) in [6, 6.07) is 3.50. The van der Waals surface area contributed by atoms with E-state index in [9.17, 15) is 9.59 Å². The van der Waals surface area contributed by atoms with E-state index in [4.69, 9.17) is 0 Å².